The Hall–Kier alpha value is -0.550. The first-order valence-electron chi connectivity index (χ1n) is 8.54. The molecule has 0 bridgehead atoms. The third kappa shape index (κ3) is 4.99. The lowest BCUT2D eigenvalue weighted by molar-refractivity contribution is 0.326. The van der Waals surface area contributed by atoms with Gasteiger partial charge in [-0.05, 0) is 51.1 Å². The van der Waals surface area contributed by atoms with Crippen molar-refractivity contribution in [2.24, 2.45) is 5.92 Å². The maximum Gasteiger partial charge on any atom is 0.226 e. The number of thioether (sulfide) groups is 1. The zero-order valence-electron chi connectivity index (χ0n) is 12.9. The second-order valence-electron chi connectivity index (χ2n) is 6.43. The van der Waals surface area contributed by atoms with Crippen molar-refractivity contribution < 1.29 is 4.52 Å². The third-order valence-corrected chi connectivity index (χ3v) is 6.04. The molecular weight excluding hydrogens is 282 g/mol. The highest BCUT2D eigenvalue weighted by Gasteiger charge is 2.17. The van der Waals surface area contributed by atoms with E-state index < -0.39 is 0 Å². The van der Waals surface area contributed by atoms with Gasteiger partial charge in [-0.2, -0.15) is 16.7 Å². The Labute approximate surface area is 131 Å². The van der Waals surface area contributed by atoms with E-state index in [9.17, 15) is 0 Å². The minimum Gasteiger partial charge on any atom is -0.339 e. The fourth-order valence-corrected chi connectivity index (χ4v) is 4.54. The first kappa shape index (κ1) is 15.3. The molecule has 2 heterocycles. The van der Waals surface area contributed by atoms with Gasteiger partial charge in [-0.15, -0.1) is 0 Å². The van der Waals surface area contributed by atoms with Gasteiger partial charge in [0.05, 0.1) is 5.75 Å². The fraction of sp³-hybridized carbons (Fsp3) is 0.875. The summed E-state index contributed by atoms with van der Waals surface area (Å²) in [5.41, 5.74) is 0. The van der Waals surface area contributed by atoms with Crippen LogP contribution in [0.3, 0.4) is 0 Å². The summed E-state index contributed by atoms with van der Waals surface area (Å²) in [4.78, 5) is 4.56. The molecule has 1 N–H and O–H groups in total. The standard InChI is InChI=1S/C16H27N3OS/c1-2-6-14(7-3-1)21-12-15-18-16(20-19-15)9-8-13-5-4-10-17-11-13/h13-14,17H,1-12H2. The molecule has 0 spiro atoms. The lowest BCUT2D eigenvalue weighted by atomic mass is 9.95. The van der Waals surface area contributed by atoms with Gasteiger partial charge in [0.1, 0.15) is 0 Å². The van der Waals surface area contributed by atoms with E-state index in [1.807, 2.05) is 11.8 Å². The van der Waals surface area contributed by atoms with Crippen LogP contribution in [0.15, 0.2) is 4.52 Å². The highest BCUT2D eigenvalue weighted by atomic mass is 32.2. The van der Waals surface area contributed by atoms with E-state index in [0.29, 0.717) is 0 Å². The van der Waals surface area contributed by atoms with Gasteiger partial charge in [0.2, 0.25) is 5.89 Å². The molecule has 0 aromatic carbocycles. The summed E-state index contributed by atoms with van der Waals surface area (Å²) in [6.07, 6.45) is 11.7. The Bertz CT molecular complexity index is 375. The Morgan fingerprint density at radius 3 is 2.86 bits per heavy atom. The number of rotatable bonds is 6. The molecule has 2 aliphatic rings. The predicted octanol–water partition coefficient (Wildman–Crippen LogP) is 3.57. The van der Waals surface area contributed by atoms with Crippen molar-refractivity contribution in [2.45, 2.75) is 68.8 Å². The van der Waals surface area contributed by atoms with Crippen molar-refractivity contribution in [1.82, 2.24) is 15.5 Å². The molecule has 21 heavy (non-hydrogen) atoms. The SMILES string of the molecule is C1CCC(SCc2noc(CCC3CCCNC3)n2)CC1. The summed E-state index contributed by atoms with van der Waals surface area (Å²) in [6.45, 7) is 2.33. The van der Waals surface area contributed by atoms with Gasteiger partial charge in [0.25, 0.3) is 0 Å². The number of hydrogen-bond donors (Lipinski definition) is 1. The molecule has 1 atom stereocenters. The Kier molecular flexibility index (Phi) is 5.98. The van der Waals surface area contributed by atoms with Crippen LogP contribution in [0.2, 0.25) is 0 Å². The maximum absolute atomic E-state index is 5.40. The number of hydrogen-bond acceptors (Lipinski definition) is 5. The van der Waals surface area contributed by atoms with Gasteiger partial charge in [-0.3, -0.25) is 0 Å². The predicted molar refractivity (Wildman–Crippen MR) is 86.4 cm³/mol. The smallest absolute Gasteiger partial charge is 0.226 e. The molecule has 1 aromatic rings. The molecular formula is C16H27N3OS. The zero-order valence-corrected chi connectivity index (χ0v) is 13.7. The maximum atomic E-state index is 5.40. The Morgan fingerprint density at radius 1 is 1.14 bits per heavy atom. The van der Waals surface area contributed by atoms with Gasteiger partial charge in [0, 0.05) is 11.7 Å². The quantitative estimate of drug-likeness (QED) is 0.870. The van der Waals surface area contributed by atoms with Crippen LogP contribution in [-0.2, 0) is 12.2 Å². The van der Waals surface area contributed by atoms with E-state index in [2.05, 4.69) is 15.5 Å². The van der Waals surface area contributed by atoms with Crippen molar-refractivity contribution in [3.63, 3.8) is 0 Å². The van der Waals surface area contributed by atoms with E-state index in [4.69, 9.17) is 4.52 Å². The summed E-state index contributed by atoms with van der Waals surface area (Å²) in [7, 11) is 0. The van der Waals surface area contributed by atoms with E-state index in [1.165, 1.54) is 57.9 Å². The van der Waals surface area contributed by atoms with Crippen molar-refractivity contribution >= 4 is 11.8 Å². The molecule has 5 heteroatoms. The Morgan fingerprint density at radius 2 is 2.05 bits per heavy atom. The highest BCUT2D eigenvalue weighted by molar-refractivity contribution is 7.99. The number of nitrogens with zero attached hydrogens (tertiary/aromatic N) is 2. The number of nitrogens with one attached hydrogen (secondary N) is 1. The van der Waals surface area contributed by atoms with E-state index in [-0.39, 0.29) is 0 Å². The molecule has 4 nitrogen and oxygen atoms in total. The summed E-state index contributed by atoms with van der Waals surface area (Å²) in [6, 6.07) is 0. The van der Waals surface area contributed by atoms with Crippen LogP contribution in [0, 0.1) is 5.92 Å². The van der Waals surface area contributed by atoms with Gasteiger partial charge in [0.15, 0.2) is 5.82 Å². The van der Waals surface area contributed by atoms with Crippen LogP contribution in [-0.4, -0.2) is 28.5 Å². The van der Waals surface area contributed by atoms with Crippen molar-refractivity contribution in [3.05, 3.63) is 11.7 Å². The summed E-state index contributed by atoms with van der Waals surface area (Å²) >= 11 is 2.01. The second kappa shape index (κ2) is 8.18. The number of aryl methyl sites for hydroxylation is 1. The summed E-state index contributed by atoms with van der Waals surface area (Å²) in [5.74, 6) is 3.42. The fourth-order valence-electron chi connectivity index (χ4n) is 3.37. The second-order valence-corrected chi connectivity index (χ2v) is 7.72. The molecule has 1 saturated heterocycles. The summed E-state index contributed by atoms with van der Waals surface area (Å²) in [5, 5.41) is 8.42. The molecule has 3 rings (SSSR count). The van der Waals surface area contributed by atoms with E-state index >= 15 is 0 Å². The summed E-state index contributed by atoms with van der Waals surface area (Å²) < 4.78 is 5.40. The number of piperidine rings is 1. The minimum atomic E-state index is 0.783. The van der Waals surface area contributed by atoms with Crippen LogP contribution < -0.4 is 5.32 Å². The molecule has 0 amide bonds. The molecule has 1 unspecified atom stereocenters. The molecule has 2 fully saturated rings. The minimum absolute atomic E-state index is 0.783. The number of aromatic nitrogens is 2. The first-order valence-corrected chi connectivity index (χ1v) is 9.59. The van der Waals surface area contributed by atoms with Crippen LogP contribution >= 0.6 is 11.8 Å². The van der Waals surface area contributed by atoms with Crippen LogP contribution in [0.4, 0.5) is 0 Å². The Balaban J connectivity index is 1.38. The molecule has 1 aromatic heterocycles. The van der Waals surface area contributed by atoms with E-state index in [0.717, 1.165) is 41.6 Å². The molecule has 0 radical (unpaired) electrons. The van der Waals surface area contributed by atoms with Crippen LogP contribution in [0.25, 0.3) is 0 Å². The normalized spacial score (nSPS) is 24.3. The largest absolute Gasteiger partial charge is 0.339 e. The van der Waals surface area contributed by atoms with E-state index in [1.54, 1.807) is 0 Å². The first-order chi connectivity index (χ1) is 10.4. The lowest BCUT2D eigenvalue weighted by Crippen LogP contribution is -2.29. The van der Waals surface area contributed by atoms with Crippen LogP contribution in [0.5, 0.6) is 0 Å². The highest BCUT2D eigenvalue weighted by Crippen LogP contribution is 2.29. The molecule has 1 aliphatic heterocycles. The monoisotopic (exact) mass is 309 g/mol. The average molecular weight is 309 g/mol. The molecule has 1 aliphatic carbocycles. The van der Waals surface area contributed by atoms with Crippen molar-refractivity contribution in [2.75, 3.05) is 13.1 Å². The van der Waals surface area contributed by atoms with Crippen molar-refractivity contribution in [1.29, 1.82) is 0 Å². The third-order valence-electron chi connectivity index (χ3n) is 4.68. The van der Waals surface area contributed by atoms with Gasteiger partial charge < -0.3 is 9.84 Å². The average Bonchev–Trinajstić information content (AvgIpc) is 3.01. The zero-order chi connectivity index (χ0) is 14.3. The molecule has 1 saturated carbocycles. The lowest BCUT2D eigenvalue weighted by Gasteiger charge is -2.21. The van der Waals surface area contributed by atoms with Gasteiger partial charge >= 0.3 is 0 Å². The van der Waals surface area contributed by atoms with Gasteiger partial charge in [-0.1, -0.05) is 24.4 Å². The molecule has 118 valence electrons. The van der Waals surface area contributed by atoms with Crippen LogP contribution in [0.1, 0.15) is 63.1 Å². The topological polar surface area (TPSA) is 51.0 Å². The van der Waals surface area contributed by atoms with Gasteiger partial charge in [-0.25, -0.2) is 0 Å². The van der Waals surface area contributed by atoms with Crippen molar-refractivity contribution in [3.8, 4) is 0 Å².